The minimum absolute atomic E-state index is 0.164. The summed E-state index contributed by atoms with van der Waals surface area (Å²) in [5.41, 5.74) is -1.02. The van der Waals surface area contributed by atoms with Gasteiger partial charge in [0.05, 0.1) is 13.5 Å². The largest absolute Gasteiger partial charge is 0.481 e. The number of esters is 1. The van der Waals surface area contributed by atoms with Gasteiger partial charge in [0.15, 0.2) is 0 Å². The van der Waals surface area contributed by atoms with E-state index in [4.69, 9.17) is 11.2 Å². The van der Waals surface area contributed by atoms with Crippen LogP contribution in [0, 0.1) is 0 Å². The molecule has 1 atom stereocenters. The van der Waals surface area contributed by atoms with Crippen LogP contribution in [0.5, 0.6) is 0 Å². The number of aliphatic carboxylic acids is 1. The number of hydrogen-bond donors (Lipinski definition) is 2. The van der Waals surface area contributed by atoms with E-state index < -0.39 is 36.1 Å². The third kappa shape index (κ3) is 7.15. The first-order valence-corrected chi connectivity index (χ1v) is 4.80. The molecule has 0 bridgehead atoms. The molecule has 1 amide bonds. The SMILES string of the molecule is [2H]CC(C)(C)OC(=O)N[C@@H](CC(=O)O)C(=O)OC. The molecule has 0 aromatic heterocycles. The van der Waals surface area contributed by atoms with Gasteiger partial charge in [-0.15, -0.1) is 0 Å². The van der Waals surface area contributed by atoms with E-state index in [1.807, 2.05) is 0 Å². The van der Waals surface area contributed by atoms with Crippen molar-refractivity contribution in [3.63, 3.8) is 0 Å². The average Bonchev–Trinajstić information content (AvgIpc) is 2.25. The standard InChI is InChI=1S/C10H17NO6/c1-10(2,3)17-9(15)11-6(5-7(12)13)8(14)16-4/h6H,5H2,1-4H3,(H,11,15)(H,12,13)/t6-/m0/s1/i1D. The molecule has 0 aliphatic rings. The summed E-state index contributed by atoms with van der Waals surface area (Å²) in [6.45, 7) is 2.87. The predicted octanol–water partition coefficient (Wildman–Crippen LogP) is 0.527. The number of carbonyl (C=O) groups excluding carboxylic acids is 2. The molecule has 0 radical (unpaired) electrons. The summed E-state index contributed by atoms with van der Waals surface area (Å²) in [7, 11) is 1.08. The van der Waals surface area contributed by atoms with Crippen LogP contribution in [0.3, 0.4) is 0 Å². The van der Waals surface area contributed by atoms with Crippen LogP contribution in [0.1, 0.15) is 28.5 Å². The van der Waals surface area contributed by atoms with E-state index in [-0.39, 0.29) is 6.90 Å². The molecular weight excluding hydrogens is 230 g/mol. The summed E-state index contributed by atoms with van der Waals surface area (Å²) >= 11 is 0. The summed E-state index contributed by atoms with van der Waals surface area (Å²) in [6, 6.07) is -1.32. The fraction of sp³-hybridized carbons (Fsp3) is 0.700. The number of carbonyl (C=O) groups is 3. The zero-order chi connectivity index (χ0) is 14.3. The van der Waals surface area contributed by atoms with E-state index in [2.05, 4.69) is 10.1 Å². The molecule has 0 fully saturated rings. The number of carboxylic acid groups (broad SMARTS) is 1. The molecule has 0 aromatic carbocycles. The van der Waals surface area contributed by atoms with Gasteiger partial charge in [0.25, 0.3) is 0 Å². The number of amides is 1. The molecule has 0 heterocycles. The molecule has 0 rings (SSSR count). The van der Waals surface area contributed by atoms with Crippen molar-refractivity contribution in [2.45, 2.75) is 38.8 Å². The lowest BCUT2D eigenvalue weighted by Gasteiger charge is -2.21. The van der Waals surface area contributed by atoms with Crippen molar-refractivity contribution in [1.29, 1.82) is 0 Å². The number of alkyl carbamates (subject to hydrolysis) is 1. The van der Waals surface area contributed by atoms with Crippen LogP contribution < -0.4 is 5.32 Å². The van der Waals surface area contributed by atoms with Gasteiger partial charge in [-0.05, 0) is 20.7 Å². The Kier molecular flexibility index (Phi) is 4.74. The zero-order valence-electron chi connectivity index (χ0n) is 11.0. The van der Waals surface area contributed by atoms with Crippen LogP contribution in [-0.2, 0) is 19.1 Å². The Labute approximate surface area is 100 Å². The van der Waals surface area contributed by atoms with E-state index in [0.717, 1.165) is 7.11 Å². The Morgan fingerprint density at radius 1 is 1.47 bits per heavy atom. The van der Waals surface area contributed by atoms with E-state index in [1.165, 1.54) is 13.8 Å². The smallest absolute Gasteiger partial charge is 0.408 e. The fourth-order valence-electron chi connectivity index (χ4n) is 0.933. The highest BCUT2D eigenvalue weighted by molar-refractivity contribution is 5.85. The minimum Gasteiger partial charge on any atom is -0.481 e. The first-order chi connectivity index (χ1) is 8.21. The lowest BCUT2D eigenvalue weighted by Crippen LogP contribution is -2.45. The molecule has 0 saturated heterocycles. The molecule has 0 aromatic rings. The zero-order valence-corrected chi connectivity index (χ0v) is 9.98. The summed E-state index contributed by atoms with van der Waals surface area (Å²) in [5, 5.41) is 10.7. The Morgan fingerprint density at radius 3 is 2.47 bits per heavy atom. The summed E-state index contributed by atoms with van der Waals surface area (Å²) < 4.78 is 16.3. The highest BCUT2D eigenvalue weighted by Crippen LogP contribution is 2.07. The second-order valence-electron chi connectivity index (χ2n) is 3.97. The van der Waals surface area contributed by atoms with Crippen molar-refractivity contribution in [3.8, 4) is 0 Å². The molecule has 0 saturated carbocycles. The second-order valence-corrected chi connectivity index (χ2v) is 3.97. The number of methoxy groups -OCH3 is 1. The van der Waals surface area contributed by atoms with Crippen LogP contribution in [-0.4, -0.2) is 41.9 Å². The van der Waals surface area contributed by atoms with Gasteiger partial charge in [-0.2, -0.15) is 0 Å². The van der Waals surface area contributed by atoms with Gasteiger partial charge in [0.2, 0.25) is 0 Å². The first kappa shape index (κ1) is 13.3. The Balaban J connectivity index is 4.54. The van der Waals surface area contributed by atoms with E-state index >= 15 is 0 Å². The number of hydrogen-bond acceptors (Lipinski definition) is 5. The van der Waals surface area contributed by atoms with Gasteiger partial charge >= 0.3 is 18.0 Å². The van der Waals surface area contributed by atoms with Gasteiger partial charge < -0.3 is 19.9 Å². The van der Waals surface area contributed by atoms with Crippen molar-refractivity contribution in [2.24, 2.45) is 0 Å². The molecule has 7 heteroatoms. The third-order valence-electron chi connectivity index (χ3n) is 1.53. The van der Waals surface area contributed by atoms with Gasteiger partial charge in [-0.1, -0.05) is 0 Å². The van der Waals surface area contributed by atoms with Crippen LogP contribution in [0.4, 0.5) is 4.79 Å². The highest BCUT2D eigenvalue weighted by atomic mass is 16.6. The van der Waals surface area contributed by atoms with Crippen LogP contribution in [0.15, 0.2) is 0 Å². The molecule has 2 N–H and O–H groups in total. The predicted molar refractivity (Wildman–Crippen MR) is 57.4 cm³/mol. The number of nitrogens with one attached hydrogen (secondary N) is 1. The van der Waals surface area contributed by atoms with Gasteiger partial charge in [-0.25, -0.2) is 9.59 Å². The molecule has 0 unspecified atom stereocenters. The summed E-state index contributed by atoms with van der Waals surface area (Å²) in [4.78, 5) is 33.2. The molecule has 7 nitrogen and oxygen atoms in total. The van der Waals surface area contributed by atoms with Gasteiger partial charge in [-0.3, -0.25) is 4.79 Å². The Hall–Kier alpha value is -1.79. The van der Waals surface area contributed by atoms with Crippen molar-refractivity contribution < 1.29 is 30.3 Å². The first-order valence-electron chi connectivity index (χ1n) is 5.51. The average molecular weight is 248 g/mol. The molecule has 17 heavy (non-hydrogen) atoms. The van der Waals surface area contributed by atoms with E-state index in [1.54, 1.807) is 0 Å². The monoisotopic (exact) mass is 248 g/mol. The number of carboxylic acids is 1. The quantitative estimate of drug-likeness (QED) is 0.703. The summed E-state index contributed by atoms with van der Waals surface area (Å²) in [6.07, 6.45) is -1.58. The molecule has 0 aliphatic carbocycles. The second kappa shape index (κ2) is 6.07. The fourth-order valence-corrected chi connectivity index (χ4v) is 0.933. The molecule has 98 valence electrons. The maximum absolute atomic E-state index is 11.4. The molecular formula is C10H17NO6. The van der Waals surface area contributed by atoms with E-state index in [9.17, 15) is 14.4 Å². The molecule has 0 aliphatic heterocycles. The third-order valence-corrected chi connectivity index (χ3v) is 1.53. The van der Waals surface area contributed by atoms with Crippen molar-refractivity contribution in [1.82, 2.24) is 5.32 Å². The number of ether oxygens (including phenoxy) is 2. The highest BCUT2D eigenvalue weighted by Gasteiger charge is 2.26. The van der Waals surface area contributed by atoms with E-state index in [0.29, 0.717) is 0 Å². The minimum atomic E-state index is -1.32. The lowest BCUT2D eigenvalue weighted by atomic mass is 10.2. The lowest BCUT2D eigenvalue weighted by molar-refractivity contribution is -0.148. The van der Waals surface area contributed by atoms with Crippen molar-refractivity contribution in [3.05, 3.63) is 0 Å². The van der Waals surface area contributed by atoms with Crippen molar-refractivity contribution >= 4 is 18.0 Å². The topological polar surface area (TPSA) is 102 Å². The Morgan fingerprint density at radius 2 is 2.06 bits per heavy atom. The Bertz CT molecular complexity index is 330. The normalized spacial score (nSPS) is 13.2. The van der Waals surface area contributed by atoms with Gasteiger partial charge in [0, 0.05) is 1.37 Å². The maximum Gasteiger partial charge on any atom is 0.408 e. The number of rotatable bonds is 4. The molecule has 0 spiro atoms. The summed E-state index contributed by atoms with van der Waals surface area (Å²) in [5.74, 6) is -2.14. The van der Waals surface area contributed by atoms with Crippen LogP contribution >= 0.6 is 0 Å². The maximum atomic E-state index is 11.4. The van der Waals surface area contributed by atoms with Crippen LogP contribution in [0.25, 0.3) is 0 Å². The van der Waals surface area contributed by atoms with Crippen molar-refractivity contribution in [2.75, 3.05) is 7.11 Å². The van der Waals surface area contributed by atoms with Gasteiger partial charge in [0.1, 0.15) is 11.6 Å². The van der Waals surface area contributed by atoms with Crippen LogP contribution in [0.2, 0.25) is 0 Å².